The number of hydrogen-bond donors (Lipinski definition) is 3. The molecule has 0 saturated heterocycles. The molecule has 1 aromatic carbocycles. The molecule has 104 valence electrons. The highest BCUT2D eigenvalue weighted by atomic mass is 35.5. The summed E-state index contributed by atoms with van der Waals surface area (Å²) in [4.78, 5) is 12.0. The third kappa shape index (κ3) is 3.39. The number of rotatable bonds is 4. The van der Waals surface area contributed by atoms with E-state index in [0.29, 0.717) is 17.5 Å². The van der Waals surface area contributed by atoms with Crippen molar-refractivity contribution in [3.63, 3.8) is 0 Å². The second kappa shape index (κ2) is 6.26. The van der Waals surface area contributed by atoms with Gasteiger partial charge in [-0.15, -0.1) is 0 Å². The fourth-order valence-corrected chi connectivity index (χ4v) is 2.80. The Bertz CT molecular complexity index is 464. The van der Waals surface area contributed by atoms with E-state index in [2.05, 4.69) is 5.32 Å². The van der Waals surface area contributed by atoms with E-state index in [9.17, 15) is 15.0 Å². The Kier molecular flexibility index (Phi) is 4.66. The molecule has 5 heteroatoms. The molecular formula is C14H18ClNO3. The van der Waals surface area contributed by atoms with Crippen LogP contribution >= 0.6 is 11.6 Å². The first-order valence-electron chi connectivity index (χ1n) is 6.49. The van der Waals surface area contributed by atoms with Crippen molar-refractivity contribution >= 4 is 17.5 Å². The van der Waals surface area contributed by atoms with Gasteiger partial charge in [0.1, 0.15) is 5.75 Å². The van der Waals surface area contributed by atoms with Crippen molar-refractivity contribution in [2.45, 2.75) is 19.3 Å². The maximum absolute atomic E-state index is 12.0. The zero-order valence-electron chi connectivity index (χ0n) is 10.6. The number of halogens is 1. The number of carbonyl (C=O) groups excluding carboxylic acids is 1. The summed E-state index contributed by atoms with van der Waals surface area (Å²) >= 11 is 5.72. The quantitative estimate of drug-likeness (QED) is 0.793. The molecule has 0 spiro atoms. The van der Waals surface area contributed by atoms with E-state index in [4.69, 9.17) is 11.6 Å². The Morgan fingerprint density at radius 3 is 2.79 bits per heavy atom. The molecule has 1 saturated carbocycles. The van der Waals surface area contributed by atoms with Gasteiger partial charge in [-0.25, -0.2) is 0 Å². The van der Waals surface area contributed by atoms with Crippen molar-refractivity contribution in [1.29, 1.82) is 0 Å². The van der Waals surface area contributed by atoms with Crippen LogP contribution in [0.4, 0.5) is 0 Å². The zero-order valence-corrected chi connectivity index (χ0v) is 11.4. The normalized spacial score (nSPS) is 22.4. The molecule has 2 atom stereocenters. The largest absolute Gasteiger partial charge is 0.507 e. The van der Waals surface area contributed by atoms with Crippen LogP contribution < -0.4 is 5.32 Å². The summed E-state index contributed by atoms with van der Waals surface area (Å²) in [7, 11) is 0. The second-order valence-electron chi connectivity index (χ2n) is 5.01. The molecule has 19 heavy (non-hydrogen) atoms. The van der Waals surface area contributed by atoms with Gasteiger partial charge in [0.25, 0.3) is 5.91 Å². The van der Waals surface area contributed by atoms with Crippen molar-refractivity contribution in [1.82, 2.24) is 5.32 Å². The Hall–Kier alpha value is -1.26. The highest BCUT2D eigenvalue weighted by Gasteiger charge is 2.27. The molecule has 1 aromatic rings. The van der Waals surface area contributed by atoms with E-state index < -0.39 is 0 Å². The monoisotopic (exact) mass is 283 g/mol. The van der Waals surface area contributed by atoms with Gasteiger partial charge < -0.3 is 15.5 Å². The third-order valence-electron chi connectivity index (χ3n) is 3.78. The van der Waals surface area contributed by atoms with Crippen molar-refractivity contribution in [3.05, 3.63) is 28.8 Å². The van der Waals surface area contributed by atoms with Gasteiger partial charge in [0.05, 0.1) is 5.56 Å². The molecule has 2 unspecified atom stereocenters. The van der Waals surface area contributed by atoms with Crippen LogP contribution in [-0.2, 0) is 0 Å². The summed E-state index contributed by atoms with van der Waals surface area (Å²) < 4.78 is 0. The van der Waals surface area contributed by atoms with Gasteiger partial charge in [-0.3, -0.25) is 4.79 Å². The van der Waals surface area contributed by atoms with Crippen molar-refractivity contribution in [2.75, 3.05) is 13.2 Å². The number of nitrogens with one attached hydrogen (secondary N) is 1. The topological polar surface area (TPSA) is 69.6 Å². The first-order chi connectivity index (χ1) is 9.11. The lowest BCUT2D eigenvalue weighted by Gasteiger charge is -2.18. The maximum atomic E-state index is 12.0. The van der Waals surface area contributed by atoms with E-state index in [1.54, 1.807) is 6.07 Å². The Balaban J connectivity index is 1.94. The van der Waals surface area contributed by atoms with Gasteiger partial charge in [-0.2, -0.15) is 0 Å². The maximum Gasteiger partial charge on any atom is 0.255 e. The number of aliphatic hydroxyl groups is 1. The smallest absolute Gasteiger partial charge is 0.255 e. The van der Waals surface area contributed by atoms with Crippen LogP contribution in [0.2, 0.25) is 5.02 Å². The van der Waals surface area contributed by atoms with Crippen LogP contribution in [0.3, 0.4) is 0 Å². The van der Waals surface area contributed by atoms with E-state index in [0.717, 1.165) is 19.3 Å². The van der Waals surface area contributed by atoms with Gasteiger partial charge in [-0.1, -0.05) is 18.0 Å². The summed E-state index contributed by atoms with van der Waals surface area (Å²) in [6.07, 6.45) is 3.14. The number of carbonyl (C=O) groups is 1. The average Bonchev–Trinajstić information content (AvgIpc) is 2.83. The molecule has 1 fully saturated rings. The van der Waals surface area contributed by atoms with E-state index in [-0.39, 0.29) is 29.7 Å². The first-order valence-corrected chi connectivity index (χ1v) is 6.87. The second-order valence-corrected chi connectivity index (χ2v) is 5.44. The van der Waals surface area contributed by atoms with Crippen LogP contribution in [0.25, 0.3) is 0 Å². The lowest BCUT2D eigenvalue weighted by atomic mass is 9.97. The summed E-state index contributed by atoms with van der Waals surface area (Å²) in [6, 6.07) is 4.43. The van der Waals surface area contributed by atoms with E-state index in [1.165, 1.54) is 12.1 Å². The van der Waals surface area contributed by atoms with Crippen molar-refractivity contribution in [2.24, 2.45) is 11.8 Å². The SMILES string of the molecule is O=C(NCC1CCCC1CO)c1ccc(Cl)cc1O. The molecule has 4 nitrogen and oxygen atoms in total. The van der Waals surface area contributed by atoms with Crippen LogP contribution in [0.5, 0.6) is 5.75 Å². The number of aromatic hydroxyl groups is 1. The highest BCUT2D eigenvalue weighted by molar-refractivity contribution is 6.30. The number of phenolic OH excluding ortho intramolecular Hbond substituents is 1. The molecule has 0 radical (unpaired) electrons. The van der Waals surface area contributed by atoms with E-state index in [1.807, 2.05) is 0 Å². The van der Waals surface area contributed by atoms with Crippen molar-refractivity contribution in [3.8, 4) is 5.75 Å². The molecule has 1 amide bonds. The molecule has 0 aromatic heterocycles. The fourth-order valence-electron chi connectivity index (χ4n) is 2.64. The predicted octanol–water partition coefficient (Wildman–Crippen LogP) is 2.18. The summed E-state index contributed by atoms with van der Waals surface area (Å²) in [5.41, 5.74) is 0.225. The number of hydrogen-bond acceptors (Lipinski definition) is 3. The fraction of sp³-hybridized carbons (Fsp3) is 0.500. The van der Waals surface area contributed by atoms with E-state index >= 15 is 0 Å². The van der Waals surface area contributed by atoms with Crippen LogP contribution in [0.1, 0.15) is 29.6 Å². The van der Waals surface area contributed by atoms with Crippen LogP contribution in [0, 0.1) is 11.8 Å². The molecule has 0 aliphatic heterocycles. The Labute approximate surface area is 117 Å². The lowest BCUT2D eigenvalue weighted by molar-refractivity contribution is 0.0935. The molecule has 2 rings (SSSR count). The standard InChI is InChI=1S/C14H18ClNO3/c15-11-4-5-12(13(18)6-11)14(19)16-7-9-2-1-3-10(9)8-17/h4-6,9-10,17-18H,1-3,7-8H2,(H,16,19). The van der Waals surface area contributed by atoms with Crippen LogP contribution in [-0.4, -0.2) is 29.3 Å². The molecule has 0 bridgehead atoms. The summed E-state index contributed by atoms with van der Waals surface area (Å²) in [5, 5.41) is 22.1. The van der Waals surface area contributed by atoms with Crippen LogP contribution in [0.15, 0.2) is 18.2 Å². The minimum atomic E-state index is -0.308. The molecule has 1 aliphatic carbocycles. The number of phenols is 1. The lowest BCUT2D eigenvalue weighted by Crippen LogP contribution is -2.31. The number of amides is 1. The van der Waals surface area contributed by atoms with Crippen molar-refractivity contribution < 1.29 is 15.0 Å². The Morgan fingerprint density at radius 2 is 2.11 bits per heavy atom. The zero-order chi connectivity index (χ0) is 13.8. The molecule has 0 heterocycles. The minimum absolute atomic E-state index is 0.116. The first kappa shape index (κ1) is 14.2. The Morgan fingerprint density at radius 1 is 1.37 bits per heavy atom. The summed E-state index contributed by atoms with van der Waals surface area (Å²) in [5.74, 6) is 0.176. The predicted molar refractivity (Wildman–Crippen MR) is 73.4 cm³/mol. The van der Waals surface area contributed by atoms with Gasteiger partial charge in [-0.05, 0) is 42.9 Å². The number of aliphatic hydroxyl groups excluding tert-OH is 1. The third-order valence-corrected chi connectivity index (χ3v) is 4.02. The van der Waals surface area contributed by atoms with Gasteiger partial charge in [0, 0.05) is 18.2 Å². The van der Waals surface area contributed by atoms with Gasteiger partial charge in [0.15, 0.2) is 0 Å². The number of benzene rings is 1. The molecule has 3 N–H and O–H groups in total. The average molecular weight is 284 g/mol. The minimum Gasteiger partial charge on any atom is -0.507 e. The van der Waals surface area contributed by atoms with Gasteiger partial charge >= 0.3 is 0 Å². The molecule has 1 aliphatic rings. The van der Waals surface area contributed by atoms with Gasteiger partial charge in [0.2, 0.25) is 0 Å². The molecular weight excluding hydrogens is 266 g/mol. The summed E-state index contributed by atoms with van der Waals surface area (Å²) in [6.45, 7) is 0.707. The highest BCUT2D eigenvalue weighted by Crippen LogP contribution is 2.30.